The Kier molecular flexibility index (Phi) is 5.93. The lowest BCUT2D eigenvalue weighted by atomic mass is 10.3. The van der Waals surface area contributed by atoms with Gasteiger partial charge in [0.15, 0.2) is 0 Å². The molecule has 1 N–H and O–H groups in total. The second-order valence-corrected chi connectivity index (χ2v) is 2.93. The zero-order valence-electron chi connectivity index (χ0n) is 8.59. The molecule has 0 spiro atoms. The van der Waals surface area contributed by atoms with E-state index in [1.807, 2.05) is 13.8 Å². The molecule has 0 atom stereocenters. The van der Waals surface area contributed by atoms with Crippen molar-refractivity contribution in [3.8, 4) is 0 Å². The number of hydrogen-bond donors (Lipinski definition) is 1. The first kappa shape index (κ1) is 11.9. The summed E-state index contributed by atoms with van der Waals surface area (Å²) in [4.78, 5) is 23.7. The van der Waals surface area contributed by atoms with E-state index in [2.05, 4.69) is 5.32 Å². The van der Waals surface area contributed by atoms with E-state index < -0.39 is 0 Å². The molecular weight excluding hydrogens is 168 g/mol. The second kappa shape index (κ2) is 6.46. The van der Waals surface area contributed by atoms with Crippen molar-refractivity contribution in [2.75, 3.05) is 20.1 Å². The van der Waals surface area contributed by atoms with Gasteiger partial charge in [-0.05, 0) is 13.3 Å². The fourth-order valence-corrected chi connectivity index (χ4v) is 0.801. The van der Waals surface area contributed by atoms with Gasteiger partial charge in [-0.2, -0.15) is 0 Å². The summed E-state index contributed by atoms with van der Waals surface area (Å²) in [5.74, 6) is -0.104. The third kappa shape index (κ3) is 5.22. The third-order valence-electron chi connectivity index (χ3n) is 1.81. The lowest BCUT2D eigenvalue weighted by Gasteiger charge is -2.14. The van der Waals surface area contributed by atoms with Crippen LogP contribution in [0.25, 0.3) is 0 Å². The summed E-state index contributed by atoms with van der Waals surface area (Å²) in [5.41, 5.74) is 0. The molecule has 0 rings (SSSR count). The summed E-state index contributed by atoms with van der Waals surface area (Å²) in [5, 5.41) is 2.57. The molecule has 76 valence electrons. The predicted molar refractivity (Wildman–Crippen MR) is 51.2 cm³/mol. The van der Waals surface area contributed by atoms with Crippen LogP contribution in [0.4, 0.5) is 0 Å². The van der Waals surface area contributed by atoms with Gasteiger partial charge in [0.1, 0.15) is 0 Å². The topological polar surface area (TPSA) is 49.4 Å². The number of carbonyl (C=O) groups is 2. The fourth-order valence-electron chi connectivity index (χ4n) is 0.801. The van der Waals surface area contributed by atoms with Crippen LogP contribution < -0.4 is 5.32 Å². The number of rotatable bonds is 5. The highest BCUT2D eigenvalue weighted by atomic mass is 16.2. The van der Waals surface area contributed by atoms with Crippen molar-refractivity contribution in [1.29, 1.82) is 0 Å². The minimum absolute atomic E-state index is 0.0491. The van der Waals surface area contributed by atoms with Crippen molar-refractivity contribution < 1.29 is 9.59 Å². The van der Waals surface area contributed by atoms with E-state index in [1.165, 1.54) is 0 Å². The highest BCUT2D eigenvalue weighted by Crippen LogP contribution is 1.86. The van der Waals surface area contributed by atoms with Crippen LogP contribution in [0.5, 0.6) is 0 Å². The van der Waals surface area contributed by atoms with Crippen LogP contribution in [0.2, 0.25) is 0 Å². The van der Waals surface area contributed by atoms with Gasteiger partial charge in [0.2, 0.25) is 11.8 Å². The van der Waals surface area contributed by atoms with Gasteiger partial charge < -0.3 is 10.2 Å². The van der Waals surface area contributed by atoms with Gasteiger partial charge in [0.05, 0.1) is 6.54 Å². The molecule has 4 nitrogen and oxygen atoms in total. The fraction of sp³-hybridized carbons (Fsp3) is 0.778. The van der Waals surface area contributed by atoms with Gasteiger partial charge in [-0.15, -0.1) is 0 Å². The zero-order chi connectivity index (χ0) is 10.3. The molecule has 2 amide bonds. The molecule has 0 aromatic heterocycles. The number of hydrogen-bond acceptors (Lipinski definition) is 2. The van der Waals surface area contributed by atoms with E-state index in [0.29, 0.717) is 13.0 Å². The highest BCUT2D eigenvalue weighted by molar-refractivity contribution is 5.84. The van der Waals surface area contributed by atoms with Gasteiger partial charge in [-0.25, -0.2) is 0 Å². The zero-order valence-corrected chi connectivity index (χ0v) is 8.59. The molecule has 0 bridgehead atoms. The van der Waals surface area contributed by atoms with E-state index in [-0.39, 0.29) is 18.4 Å². The van der Waals surface area contributed by atoms with E-state index >= 15 is 0 Å². The Hall–Kier alpha value is -1.06. The Morgan fingerprint density at radius 3 is 2.38 bits per heavy atom. The molecule has 0 saturated carbocycles. The molecule has 0 heterocycles. The molecule has 0 saturated heterocycles. The van der Waals surface area contributed by atoms with E-state index in [0.717, 1.165) is 6.42 Å². The number of amides is 2. The van der Waals surface area contributed by atoms with Crippen molar-refractivity contribution >= 4 is 11.8 Å². The lowest BCUT2D eigenvalue weighted by Crippen LogP contribution is -2.37. The van der Waals surface area contributed by atoms with Crippen LogP contribution in [-0.2, 0) is 9.59 Å². The maximum absolute atomic E-state index is 11.2. The Morgan fingerprint density at radius 1 is 1.31 bits per heavy atom. The Balaban J connectivity index is 3.63. The summed E-state index contributed by atoms with van der Waals surface area (Å²) >= 11 is 0. The second-order valence-electron chi connectivity index (χ2n) is 2.93. The number of carbonyl (C=O) groups excluding carboxylic acids is 2. The van der Waals surface area contributed by atoms with Crippen molar-refractivity contribution in [2.24, 2.45) is 0 Å². The summed E-state index contributed by atoms with van der Waals surface area (Å²) in [6.07, 6.45) is 1.30. The Bertz CT molecular complexity index is 180. The lowest BCUT2D eigenvalue weighted by molar-refractivity contribution is -0.131. The van der Waals surface area contributed by atoms with Crippen LogP contribution in [0.3, 0.4) is 0 Å². The van der Waals surface area contributed by atoms with Crippen LogP contribution in [0, 0.1) is 0 Å². The predicted octanol–water partition coefficient (Wildman–Crippen LogP) is 0.381. The SMILES string of the molecule is CCCC(=O)NCC(=O)N(C)CC. The first-order chi connectivity index (χ1) is 6.11. The van der Waals surface area contributed by atoms with Crippen molar-refractivity contribution in [1.82, 2.24) is 10.2 Å². The first-order valence-electron chi connectivity index (χ1n) is 4.62. The molecule has 0 radical (unpaired) electrons. The standard InChI is InChI=1S/C9H18N2O2/c1-4-6-8(12)10-7-9(13)11(3)5-2/h4-7H2,1-3H3,(H,10,12). The molecule has 0 aromatic rings. The molecule has 0 aliphatic heterocycles. The van der Waals surface area contributed by atoms with E-state index in [4.69, 9.17) is 0 Å². The minimum Gasteiger partial charge on any atom is -0.347 e. The monoisotopic (exact) mass is 186 g/mol. The molecule has 0 aliphatic carbocycles. The maximum atomic E-state index is 11.2. The Morgan fingerprint density at radius 2 is 1.92 bits per heavy atom. The number of nitrogens with zero attached hydrogens (tertiary/aromatic N) is 1. The van der Waals surface area contributed by atoms with Crippen molar-refractivity contribution in [3.63, 3.8) is 0 Å². The average Bonchev–Trinajstić information content (AvgIpc) is 2.13. The summed E-state index contributed by atoms with van der Waals surface area (Å²) in [6.45, 7) is 4.61. The molecule has 0 aliphatic rings. The normalized spacial score (nSPS) is 9.46. The van der Waals surface area contributed by atoms with Gasteiger partial charge in [-0.3, -0.25) is 9.59 Å². The third-order valence-corrected chi connectivity index (χ3v) is 1.81. The van der Waals surface area contributed by atoms with E-state index in [1.54, 1.807) is 11.9 Å². The number of nitrogens with one attached hydrogen (secondary N) is 1. The summed E-state index contributed by atoms with van der Waals surface area (Å²) < 4.78 is 0. The molecule has 0 aromatic carbocycles. The van der Waals surface area contributed by atoms with Gasteiger partial charge >= 0.3 is 0 Å². The van der Waals surface area contributed by atoms with Crippen LogP contribution >= 0.6 is 0 Å². The minimum atomic E-state index is -0.0552. The van der Waals surface area contributed by atoms with Gasteiger partial charge in [-0.1, -0.05) is 6.92 Å². The smallest absolute Gasteiger partial charge is 0.241 e. The largest absolute Gasteiger partial charge is 0.347 e. The Labute approximate surface area is 79.3 Å². The maximum Gasteiger partial charge on any atom is 0.241 e. The van der Waals surface area contributed by atoms with Gasteiger partial charge in [0, 0.05) is 20.0 Å². The first-order valence-corrected chi connectivity index (χ1v) is 4.62. The van der Waals surface area contributed by atoms with Crippen LogP contribution in [0.15, 0.2) is 0 Å². The van der Waals surface area contributed by atoms with Crippen molar-refractivity contribution in [2.45, 2.75) is 26.7 Å². The molecular formula is C9H18N2O2. The van der Waals surface area contributed by atoms with E-state index in [9.17, 15) is 9.59 Å². The molecule has 4 heteroatoms. The summed E-state index contributed by atoms with van der Waals surface area (Å²) in [7, 11) is 1.72. The quantitative estimate of drug-likeness (QED) is 0.675. The molecule has 13 heavy (non-hydrogen) atoms. The van der Waals surface area contributed by atoms with Gasteiger partial charge in [0.25, 0.3) is 0 Å². The highest BCUT2D eigenvalue weighted by Gasteiger charge is 2.07. The van der Waals surface area contributed by atoms with Crippen molar-refractivity contribution in [3.05, 3.63) is 0 Å². The summed E-state index contributed by atoms with van der Waals surface area (Å²) in [6, 6.07) is 0. The number of likely N-dealkylation sites (N-methyl/N-ethyl adjacent to an activating group) is 1. The average molecular weight is 186 g/mol. The van der Waals surface area contributed by atoms with Crippen LogP contribution in [0.1, 0.15) is 26.7 Å². The molecule has 0 unspecified atom stereocenters. The molecule has 0 fully saturated rings. The van der Waals surface area contributed by atoms with Crippen LogP contribution in [-0.4, -0.2) is 36.9 Å².